The van der Waals surface area contributed by atoms with Gasteiger partial charge in [0.25, 0.3) is 0 Å². The van der Waals surface area contributed by atoms with Crippen LogP contribution in [0, 0.1) is 78.8 Å². The van der Waals surface area contributed by atoms with Crippen molar-refractivity contribution in [1.29, 1.82) is 0 Å². The molecule has 3 spiro atoms. The molecule has 0 aromatic carbocycles. The Kier molecular flexibility index (Phi) is 12.7. The molecule has 8 aliphatic carbocycles. The van der Waals surface area contributed by atoms with E-state index in [1.165, 1.54) is 11.1 Å². The summed E-state index contributed by atoms with van der Waals surface area (Å²) in [6.07, 6.45) is 12.0. The minimum atomic E-state index is -1.66. The second-order valence-corrected chi connectivity index (χ2v) is 27.2. The Balaban J connectivity index is 1.10. The number of nitrogens with two attached hydrogens (primary N) is 1. The first-order valence-electron chi connectivity index (χ1n) is 28.7. The van der Waals surface area contributed by atoms with Gasteiger partial charge < -0.3 is 71.3 Å². The Morgan fingerprint density at radius 1 is 0.908 bits per heavy atom. The van der Waals surface area contributed by atoms with E-state index in [4.69, 9.17) is 15.2 Å². The highest BCUT2D eigenvalue weighted by atomic mass is 16.7. The Bertz CT molecular complexity index is 2610. The van der Waals surface area contributed by atoms with E-state index in [2.05, 4.69) is 58.2 Å². The average molecular weight is 1060 g/mol. The van der Waals surface area contributed by atoms with Crippen molar-refractivity contribution in [2.75, 3.05) is 19.8 Å². The molecule has 0 radical (unpaired) electrons. The summed E-state index contributed by atoms with van der Waals surface area (Å²) >= 11 is 0. The largest absolute Gasteiger partial charge is 0.481 e. The number of aromatic amines is 2. The zero-order valence-electron chi connectivity index (χ0n) is 44.7. The number of hydrogen-bond donors (Lipinski definition) is 12. The van der Waals surface area contributed by atoms with Crippen molar-refractivity contribution in [2.24, 2.45) is 84.6 Å². The molecule has 13 N–H and O–H groups in total. The molecule has 2 aliphatic heterocycles. The topological polar surface area (TPSA) is 310 Å². The third kappa shape index (κ3) is 6.80. The number of aromatic nitrogens is 4. The fourth-order valence-electron chi connectivity index (χ4n) is 21.4. The number of carboxylic acid groups (broad SMARTS) is 1. The SMILES string of the molecule is C[C@]1(CO)CC[C@]2(C(=O)O)C[C@H](Cc3cnc[nH]3)[C@@]34CCC5=C[C@H]([C@H]6[C@H]([C@H](CC[C@@H](N)O)c7cnc[nH]7)NC(=O)C67CCCC7)[C@H]6[C@@H](O)[C@@H](O[C@@H]7OC[C@@H](O)[C@H](O)[C@H]7O)[C@@](C)(CO)[C@H]7CC[C@]3(C)[C@]5(CC=C4[C@@H]2C1)[C@@]67C. The highest BCUT2D eigenvalue weighted by Crippen LogP contribution is 2.88. The number of allylic oxidation sites excluding steroid dienone is 4. The number of imidazole rings is 2. The van der Waals surface area contributed by atoms with Crippen LogP contribution < -0.4 is 11.1 Å². The second-order valence-electron chi connectivity index (χ2n) is 27.2. The molecule has 1 amide bonds. The molecule has 2 bridgehead atoms. The molecule has 12 rings (SSSR count). The van der Waals surface area contributed by atoms with Crippen LogP contribution in [0.15, 0.2) is 48.3 Å². The summed E-state index contributed by atoms with van der Waals surface area (Å²) in [7, 11) is 0. The Labute approximate surface area is 445 Å². The van der Waals surface area contributed by atoms with Crippen LogP contribution in [0.1, 0.15) is 141 Å². The van der Waals surface area contributed by atoms with Crippen LogP contribution in [-0.2, 0) is 25.5 Å². The number of carboxylic acids is 1. The lowest BCUT2D eigenvalue weighted by Gasteiger charge is -2.83. The van der Waals surface area contributed by atoms with Crippen LogP contribution in [0.3, 0.4) is 0 Å². The molecule has 4 heterocycles. The third-order valence-corrected chi connectivity index (χ3v) is 24.5. The summed E-state index contributed by atoms with van der Waals surface area (Å²) in [5.74, 6) is -3.36. The number of nitrogens with one attached hydrogen (secondary N) is 3. The molecule has 18 nitrogen and oxygen atoms in total. The number of amides is 1. The fraction of sp³-hybridized carbons (Fsp3) is 0.793. The minimum absolute atomic E-state index is 0.0165. The van der Waals surface area contributed by atoms with Gasteiger partial charge >= 0.3 is 5.97 Å². The number of aliphatic carboxylic acids is 1. The number of ether oxygens (including phenoxy) is 2. The standard InChI is InChI=1S/C58H84N6O12/c1-51(26-65)17-18-56(50(73)74)21-31(19-32-23-60-28-62-32)57-15-9-30-20-34(41-43(64-49(72)55(41)12-5-6-13-55)33(7-8-40(59)68)37-24-61-29-63-37)42-45(70)47(76-48-46(71)44(69)38(67)25-75-48)52(2,27-66)39-11-14-53(57,3)58(30,54(39,42)4)16-10-35(57)36(56)22-51/h10,20,23-24,28-29,31,33-34,36,38-48,65-71H,5-9,11-19,21-22,25-27,59H2,1-4H3,(H,60,62)(H,61,63)(H,64,72)(H,73,74)/t31-,33+,34+,36-,38+,39+,40-,41-,42-,43-,44-,45+,46+,47+,48-,51-,52-,53-,54+,56-,57+,58+/m0/s1. The molecular weight excluding hydrogens is 973 g/mol. The maximum Gasteiger partial charge on any atom is 0.310 e. The summed E-state index contributed by atoms with van der Waals surface area (Å²) < 4.78 is 12.9. The van der Waals surface area contributed by atoms with Crippen molar-refractivity contribution in [1.82, 2.24) is 25.3 Å². The van der Waals surface area contributed by atoms with Crippen molar-refractivity contribution in [2.45, 2.75) is 185 Å². The summed E-state index contributed by atoms with van der Waals surface area (Å²) in [6.45, 7) is 8.20. The van der Waals surface area contributed by atoms with E-state index in [1.807, 2.05) is 13.1 Å². The molecule has 8 fully saturated rings. The Morgan fingerprint density at radius 2 is 1.66 bits per heavy atom. The van der Waals surface area contributed by atoms with Crippen LogP contribution in [0.25, 0.3) is 0 Å². The van der Waals surface area contributed by atoms with Gasteiger partial charge in [0.2, 0.25) is 5.91 Å². The zero-order valence-corrected chi connectivity index (χ0v) is 44.7. The maximum absolute atomic E-state index is 15.3. The second kappa shape index (κ2) is 18.2. The fourth-order valence-corrected chi connectivity index (χ4v) is 21.4. The molecule has 2 saturated heterocycles. The van der Waals surface area contributed by atoms with Gasteiger partial charge in [0, 0.05) is 70.4 Å². The minimum Gasteiger partial charge on any atom is -0.481 e. The molecule has 18 heteroatoms. The van der Waals surface area contributed by atoms with Crippen molar-refractivity contribution in [3.63, 3.8) is 0 Å². The van der Waals surface area contributed by atoms with Crippen LogP contribution in [-0.4, -0.2) is 142 Å². The van der Waals surface area contributed by atoms with Crippen molar-refractivity contribution in [3.8, 4) is 0 Å². The molecular formula is C58H84N6O12. The number of fused-ring (bicyclic) bond motifs is 2. The summed E-state index contributed by atoms with van der Waals surface area (Å²) in [6, 6.07) is -0.475. The normalized spacial score (nSPS) is 48.7. The van der Waals surface area contributed by atoms with E-state index in [-0.39, 0.29) is 61.7 Å². The zero-order chi connectivity index (χ0) is 53.8. The molecule has 76 heavy (non-hydrogen) atoms. The number of carbonyl (C=O) groups excluding carboxylic acids is 1. The number of carbonyl (C=O) groups is 2. The Hall–Kier alpha value is -3.56. The van der Waals surface area contributed by atoms with Crippen molar-refractivity contribution >= 4 is 11.9 Å². The summed E-state index contributed by atoms with van der Waals surface area (Å²) in [5, 5.41) is 96.3. The number of H-pyrrole nitrogens is 2. The van der Waals surface area contributed by atoms with Gasteiger partial charge in [0.1, 0.15) is 24.5 Å². The molecule has 22 atom stereocenters. The monoisotopic (exact) mass is 1060 g/mol. The summed E-state index contributed by atoms with van der Waals surface area (Å²) in [4.78, 5) is 45.1. The molecule has 0 unspecified atom stereocenters. The lowest BCUT2D eigenvalue weighted by molar-refractivity contribution is -0.360. The van der Waals surface area contributed by atoms with E-state index >= 15 is 4.79 Å². The number of aliphatic hydroxyl groups excluding tert-OH is 7. The number of aliphatic hydroxyl groups is 7. The molecule has 2 aromatic rings. The lowest BCUT2D eigenvalue weighted by Crippen LogP contribution is -2.80. The van der Waals surface area contributed by atoms with Gasteiger partial charge in [-0.25, -0.2) is 9.97 Å². The van der Waals surface area contributed by atoms with Crippen molar-refractivity contribution in [3.05, 3.63) is 59.7 Å². The van der Waals surface area contributed by atoms with Crippen molar-refractivity contribution < 1.29 is 59.9 Å². The van der Waals surface area contributed by atoms with Gasteiger partial charge in [-0.3, -0.25) is 9.59 Å². The van der Waals surface area contributed by atoms with Gasteiger partial charge in [0.15, 0.2) is 6.29 Å². The molecule has 10 aliphatic rings. The first-order chi connectivity index (χ1) is 36.2. The Morgan fingerprint density at radius 3 is 2.33 bits per heavy atom. The molecule has 418 valence electrons. The first-order valence-corrected chi connectivity index (χ1v) is 28.7. The summed E-state index contributed by atoms with van der Waals surface area (Å²) in [5.41, 5.74) is 4.31. The van der Waals surface area contributed by atoms with Gasteiger partial charge in [-0.05, 0) is 130 Å². The highest BCUT2D eigenvalue weighted by molar-refractivity contribution is 5.86. The smallest absolute Gasteiger partial charge is 0.310 e. The maximum atomic E-state index is 15.3. The van der Waals surface area contributed by atoms with E-state index in [0.717, 1.165) is 30.7 Å². The lowest BCUT2D eigenvalue weighted by atomic mass is 9.20. The molecule has 6 saturated carbocycles. The predicted octanol–water partition coefficient (Wildman–Crippen LogP) is 3.97. The number of hydrogen-bond acceptors (Lipinski definition) is 14. The van der Waals surface area contributed by atoms with Crippen LogP contribution >= 0.6 is 0 Å². The van der Waals surface area contributed by atoms with E-state index in [1.54, 1.807) is 18.9 Å². The van der Waals surface area contributed by atoms with E-state index in [0.29, 0.717) is 77.0 Å². The first kappa shape index (κ1) is 53.1. The van der Waals surface area contributed by atoms with Crippen LogP contribution in [0.5, 0.6) is 0 Å². The predicted molar refractivity (Wildman–Crippen MR) is 275 cm³/mol. The highest BCUT2D eigenvalue weighted by Gasteiger charge is 2.84. The third-order valence-electron chi connectivity index (χ3n) is 24.5. The van der Waals surface area contributed by atoms with Gasteiger partial charge in [-0.2, -0.15) is 0 Å². The van der Waals surface area contributed by atoms with Gasteiger partial charge in [-0.15, -0.1) is 0 Å². The van der Waals surface area contributed by atoms with E-state index in [9.17, 15) is 45.6 Å². The van der Waals surface area contributed by atoms with Gasteiger partial charge in [-0.1, -0.05) is 63.8 Å². The van der Waals surface area contributed by atoms with Crippen LogP contribution in [0.2, 0.25) is 0 Å². The van der Waals surface area contributed by atoms with E-state index < -0.39 is 110 Å². The van der Waals surface area contributed by atoms with Gasteiger partial charge in [0.05, 0.1) is 48.9 Å². The number of nitrogens with zero attached hydrogens (tertiary/aromatic N) is 2. The molecule has 2 aromatic heterocycles. The quantitative estimate of drug-likeness (QED) is 0.0768. The van der Waals surface area contributed by atoms with Crippen LogP contribution in [0.4, 0.5) is 0 Å². The average Bonchev–Trinajstić information content (AvgIpc) is 3.93. The number of rotatable bonds is 13.